The van der Waals surface area contributed by atoms with Crippen LogP contribution >= 0.6 is 0 Å². The van der Waals surface area contributed by atoms with E-state index in [1.54, 1.807) is 0 Å². The highest BCUT2D eigenvalue weighted by Crippen LogP contribution is 1.98. The predicted octanol–water partition coefficient (Wildman–Crippen LogP) is -0.204. The van der Waals surface area contributed by atoms with Crippen molar-refractivity contribution in [1.82, 2.24) is 20.1 Å². The molecule has 0 aliphatic carbocycles. The van der Waals surface area contributed by atoms with Gasteiger partial charge in [-0.05, 0) is 11.5 Å². The number of rotatable bonds is 5. The van der Waals surface area contributed by atoms with Gasteiger partial charge >= 0.3 is 5.95 Å². The molecular weight excluding hydrogens is 174 g/mol. The van der Waals surface area contributed by atoms with E-state index >= 15 is 0 Å². The first kappa shape index (κ1) is 9.59. The van der Waals surface area contributed by atoms with Crippen molar-refractivity contribution in [3.8, 4) is 0 Å². The molecule has 1 aromatic rings. The second kappa shape index (κ2) is 4.51. The average Bonchev–Trinajstić information content (AvgIpc) is 2.53. The molecule has 0 saturated carbocycles. The molecule has 0 unspecified atom stereocenters. The first-order valence-electron chi connectivity index (χ1n) is 3.98. The minimum absolute atomic E-state index is 0.350. The molecule has 7 nitrogen and oxygen atoms in total. The summed E-state index contributed by atoms with van der Waals surface area (Å²) in [6, 6.07) is 0. The van der Waals surface area contributed by atoms with Gasteiger partial charge in [-0.15, -0.1) is 0 Å². The maximum absolute atomic E-state index is 10.2. The smallest absolute Gasteiger partial charge is 0.390 e. The van der Waals surface area contributed by atoms with Crippen LogP contribution in [0.5, 0.6) is 0 Å². The lowest BCUT2D eigenvalue weighted by Gasteiger charge is -1.96. The van der Waals surface area contributed by atoms with Crippen molar-refractivity contribution >= 4 is 5.95 Å². The van der Waals surface area contributed by atoms with E-state index in [-0.39, 0.29) is 5.95 Å². The van der Waals surface area contributed by atoms with Gasteiger partial charge in [0, 0.05) is 11.6 Å². The Kier molecular flexibility index (Phi) is 3.32. The molecular formula is C6H11N5O2. The zero-order valence-corrected chi connectivity index (χ0v) is 7.30. The van der Waals surface area contributed by atoms with Crippen LogP contribution in [0.4, 0.5) is 5.95 Å². The van der Waals surface area contributed by atoms with Gasteiger partial charge < -0.3 is 15.4 Å². The van der Waals surface area contributed by atoms with Gasteiger partial charge in [0.2, 0.25) is 6.33 Å². The summed E-state index contributed by atoms with van der Waals surface area (Å²) in [5, 5.41) is 16.9. The van der Waals surface area contributed by atoms with Crippen LogP contribution in [0.3, 0.4) is 0 Å². The maximum atomic E-state index is 10.2. The first-order valence-corrected chi connectivity index (χ1v) is 3.98. The standard InChI is InChI=1S/C6H11N5O2/c1-2-7-3-4-10-5-8-6(9-10)11(12)13/h5,7H,2-4H2,1H3. The third-order valence-corrected chi connectivity index (χ3v) is 1.46. The number of nitrogens with one attached hydrogen (secondary N) is 1. The minimum atomic E-state index is -0.607. The van der Waals surface area contributed by atoms with Crippen molar-refractivity contribution in [1.29, 1.82) is 0 Å². The van der Waals surface area contributed by atoms with Crippen LogP contribution in [-0.4, -0.2) is 32.8 Å². The lowest BCUT2D eigenvalue weighted by atomic mass is 10.6. The second-order valence-electron chi connectivity index (χ2n) is 2.42. The quantitative estimate of drug-likeness (QED) is 0.390. The summed E-state index contributed by atoms with van der Waals surface area (Å²) < 4.78 is 1.45. The Hall–Kier alpha value is -1.50. The van der Waals surface area contributed by atoms with Gasteiger partial charge in [0.15, 0.2) is 0 Å². The molecule has 0 aliphatic heterocycles. The molecule has 0 aromatic carbocycles. The molecule has 72 valence electrons. The first-order chi connectivity index (χ1) is 6.24. The van der Waals surface area contributed by atoms with E-state index in [0.29, 0.717) is 6.54 Å². The highest BCUT2D eigenvalue weighted by molar-refractivity contribution is 4.96. The molecule has 0 saturated heterocycles. The number of hydrogen-bond donors (Lipinski definition) is 1. The molecule has 0 amide bonds. The molecule has 7 heteroatoms. The second-order valence-corrected chi connectivity index (χ2v) is 2.42. The Morgan fingerprint density at radius 3 is 3.08 bits per heavy atom. The third-order valence-electron chi connectivity index (χ3n) is 1.46. The van der Waals surface area contributed by atoms with Crippen LogP contribution in [0.1, 0.15) is 6.92 Å². The van der Waals surface area contributed by atoms with Crippen molar-refractivity contribution in [3.05, 3.63) is 16.4 Å². The highest BCUT2D eigenvalue weighted by Gasteiger charge is 2.11. The molecule has 0 aliphatic rings. The van der Waals surface area contributed by atoms with E-state index < -0.39 is 4.92 Å². The summed E-state index contributed by atoms with van der Waals surface area (Å²) >= 11 is 0. The maximum Gasteiger partial charge on any atom is 0.490 e. The Morgan fingerprint density at radius 1 is 1.77 bits per heavy atom. The van der Waals surface area contributed by atoms with Gasteiger partial charge in [0.05, 0.1) is 6.54 Å². The number of hydrogen-bond acceptors (Lipinski definition) is 5. The van der Waals surface area contributed by atoms with Crippen molar-refractivity contribution in [3.63, 3.8) is 0 Å². The highest BCUT2D eigenvalue weighted by atomic mass is 16.6. The normalized spacial score (nSPS) is 10.2. The van der Waals surface area contributed by atoms with Crippen LogP contribution in [0.2, 0.25) is 0 Å². The predicted molar refractivity (Wildman–Crippen MR) is 45.2 cm³/mol. The monoisotopic (exact) mass is 185 g/mol. The van der Waals surface area contributed by atoms with Crippen LogP contribution in [0, 0.1) is 10.1 Å². The van der Waals surface area contributed by atoms with Crippen molar-refractivity contribution in [2.75, 3.05) is 13.1 Å². The van der Waals surface area contributed by atoms with E-state index in [1.807, 2.05) is 6.92 Å². The Balaban J connectivity index is 2.44. The van der Waals surface area contributed by atoms with E-state index in [4.69, 9.17) is 0 Å². The lowest BCUT2D eigenvalue weighted by Crippen LogP contribution is -2.19. The van der Waals surface area contributed by atoms with Crippen LogP contribution in [0.15, 0.2) is 6.33 Å². The topological polar surface area (TPSA) is 85.9 Å². The number of nitrogens with zero attached hydrogens (tertiary/aromatic N) is 4. The van der Waals surface area contributed by atoms with E-state index in [0.717, 1.165) is 13.1 Å². The number of aromatic nitrogens is 3. The van der Waals surface area contributed by atoms with Crippen molar-refractivity contribution in [2.45, 2.75) is 13.5 Å². The zero-order chi connectivity index (χ0) is 9.68. The molecule has 1 heterocycles. The molecule has 1 rings (SSSR count). The Bertz CT molecular complexity index is 284. The van der Waals surface area contributed by atoms with Gasteiger partial charge in [-0.3, -0.25) is 0 Å². The van der Waals surface area contributed by atoms with Crippen LogP contribution in [0.25, 0.3) is 0 Å². The van der Waals surface area contributed by atoms with Crippen molar-refractivity contribution < 1.29 is 4.92 Å². The largest absolute Gasteiger partial charge is 0.490 e. The summed E-state index contributed by atoms with van der Waals surface area (Å²) in [5.41, 5.74) is 0. The van der Waals surface area contributed by atoms with E-state index in [1.165, 1.54) is 11.0 Å². The fourth-order valence-corrected chi connectivity index (χ4v) is 0.847. The Labute approximate surface area is 74.9 Å². The summed E-state index contributed by atoms with van der Waals surface area (Å²) in [4.78, 5) is 13.1. The molecule has 0 spiro atoms. The minimum Gasteiger partial charge on any atom is -0.390 e. The molecule has 13 heavy (non-hydrogen) atoms. The SMILES string of the molecule is CCNCCn1cnc([N+](=O)[O-])n1. The average molecular weight is 185 g/mol. The number of likely N-dealkylation sites (N-methyl/N-ethyl adjacent to an activating group) is 1. The lowest BCUT2D eigenvalue weighted by molar-refractivity contribution is -0.394. The molecule has 0 fully saturated rings. The molecule has 1 aromatic heterocycles. The molecule has 0 atom stereocenters. The third kappa shape index (κ3) is 2.79. The van der Waals surface area contributed by atoms with Gasteiger partial charge in [-0.1, -0.05) is 11.9 Å². The molecule has 1 N–H and O–H groups in total. The zero-order valence-electron chi connectivity index (χ0n) is 7.30. The van der Waals surface area contributed by atoms with E-state index in [2.05, 4.69) is 15.4 Å². The van der Waals surface area contributed by atoms with Crippen LogP contribution in [-0.2, 0) is 6.54 Å². The molecule has 0 radical (unpaired) electrons. The summed E-state index contributed by atoms with van der Waals surface area (Å²) in [6.45, 7) is 4.19. The fourth-order valence-electron chi connectivity index (χ4n) is 0.847. The number of nitro groups is 1. The van der Waals surface area contributed by atoms with Gasteiger partial charge in [-0.25, -0.2) is 0 Å². The van der Waals surface area contributed by atoms with E-state index in [9.17, 15) is 10.1 Å². The molecule has 0 bridgehead atoms. The fraction of sp³-hybridized carbons (Fsp3) is 0.667. The summed E-state index contributed by atoms with van der Waals surface area (Å²) in [7, 11) is 0. The van der Waals surface area contributed by atoms with Crippen LogP contribution < -0.4 is 5.32 Å². The summed E-state index contributed by atoms with van der Waals surface area (Å²) in [5.74, 6) is -0.350. The summed E-state index contributed by atoms with van der Waals surface area (Å²) in [6.07, 6.45) is 1.36. The van der Waals surface area contributed by atoms with Gasteiger partial charge in [0.25, 0.3) is 0 Å². The Morgan fingerprint density at radius 2 is 2.54 bits per heavy atom. The van der Waals surface area contributed by atoms with Crippen molar-refractivity contribution in [2.24, 2.45) is 0 Å². The van der Waals surface area contributed by atoms with Gasteiger partial charge in [-0.2, -0.15) is 4.68 Å². The van der Waals surface area contributed by atoms with Gasteiger partial charge in [0.1, 0.15) is 0 Å².